The number of alkyl halides is 1. The van der Waals surface area contributed by atoms with Gasteiger partial charge in [0.25, 0.3) is 0 Å². The third kappa shape index (κ3) is 4.60. The average Bonchev–Trinajstić information content (AvgIpc) is 1.89. The van der Waals surface area contributed by atoms with Crippen molar-refractivity contribution >= 4 is 11.6 Å². The first-order chi connectivity index (χ1) is 4.62. The minimum absolute atomic E-state index is 0.568. The molecule has 0 atom stereocenters. The second-order valence-corrected chi connectivity index (χ2v) is 2.83. The molecule has 0 aromatic carbocycles. The summed E-state index contributed by atoms with van der Waals surface area (Å²) in [6, 6.07) is 0. The first-order valence-corrected chi connectivity index (χ1v) is 3.74. The molecule has 0 saturated carbocycles. The molecule has 0 fully saturated rings. The molecule has 3 heteroatoms. The van der Waals surface area contributed by atoms with Crippen molar-refractivity contribution < 1.29 is 4.74 Å². The second-order valence-electron chi connectivity index (χ2n) is 2.45. The highest BCUT2D eigenvalue weighted by Gasteiger charge is 2.21. The number of halogens is 1. The quantitative estimate of drug-likeness (QED) is 0.351. The Hall–Kier alpha value is -0.260. The predicted octanol–water partition coefficient (Wildman–Crippen LogP) is 2.29. The van der Waals surface area contributed by atoms with E-state index in [1.54, 1.807) is 13.8 Å². The highest BCUT2D eigenvalue weighted by molar-refractivity contribution is 6.17. The average molecular weight is 162 g/mol. The van der Waals surface area contributed by atoms with Crippen molar-refractivity contribution in [1.82, 2.24) is 0 Å². The topological polar surface area (TPSA) is 13.6 Å². The van der Waals surface area contributed by atoms with Crippen molar-refractivity contribution in [3.8, 4) is 0 Å². The van der Waals surface area contributed by atoms with E-state index in [-0.39, 0.29) is 0 Å². The standard InChI is InChI=1S/C7H12ClNO/c1-7(2,9-3)10-6-4-5-8/h4-6H2,1-2H3. The molecule has 0 bridgehead atoms. The lowest BCUT2D eigenvalue weighted by Gasteiger charge is -2.10. The lowest BCUT2D eigenvalue weighted by atomic mass is 10.3. The van der Waals surface area contributed by atoms with Crippen LogP contribution in [0.4, 0.5) is 0 Å². The minimum Gasteiger partial charge on any atom is -0.308 e. The molecule has 0 spiro atoms. The molecule has 0 aliphatic heterocycles. The molecule has 10 heavy (non-hydrogen) atoms. The van der Waals surface area contributed by atoms with Gasteiger partial charge in [-0.15, -0.1) is 11.6 Å². The van der Waals surface area contributed by atoms with E-state index >= 15 is 0 Å². The molecule has 0 heterocycles. The molecule has 0 N–H and O–H groups in total. The zero-order chi connectivity index (χ0) is 8.04. The second kappa shape index (κ2) is 4.54. The third-order valence-electron chi connectivity index (χ3n) is 1.00. The molecular formula is C7H12ClNO. The van der Waals surface area contributed by atoms with Crippen LogP contribution in [0.15, 0.2) is 0 Å². The fourth-order valence-corrected chi connectivity index (χ4v) is 0.518. The van der Waals surface area contributed by atoms with Crippen LogP contribution in [0.3, 0.4) is 0 Å². The van der Waals surface area contributed by atoms with Gasteiger partial charge in [0.2, 0.25) is 0 Å². The van der Waals surface area contributed by atoms with E-state index in [9.17, 15) is 0 Å². The molecule has 0 amide bonds. The lowest BCUT2D eigenvalue weighted by molar-refractivity contribution is 0.0184. The van der Waals surface area contributed by atoms with Crippen molar-refractivity contribution in [2.75, 3.05) is 12.5 Å². The van der Waals surface area contributed by atoms with Crippen LogP contribution in [0.5, 0.6) is 0 Å². The van der Waals surface area contributed by atoms with E-state index in [0.29, 0.717) is 12.5 Å². The van der Waals surface area contributed by atoms with Crippen LogP contribution < -0.4 is 0 Å². The maximum Gasteiger partial charge on any atom is 0.331 e. The van der Waals surface area contributed by atoms with Gasteiger partial charge in [0, 0.05) is 19.7 Å². The van der Waals surface area contributed by atoms with Crippen molar-refractivity contribution in [2.24, 2.45) is 0 Å². The first-order valence-electron chi connectivity index (χ1n) is 3.21. The summed E-state index contributed by atoms with van der Waals surface area (Å²) in [5.74, 6) is 0.591. The highest BCUT2D eigenvalue weighted by Crippen LogP contribution is 2.10. The van der Waals surface area contributed by atoms with Gasteiger partial charge < -0.3 is 4.74 Å². The molecule has 0 aliphatic rings. The smallest absolute Gasteiger partial charge is 0.308 e. The van der Waals surface area contributed by atoms with Crippen LogP contribution in [0.2, 0.25) is 0 Å². The summed E-state index contributed by atoms with van der Waals surface area (Å²) >= 11 is 5.42. The predicted molar refractivity (Wildman–Crippen MR) is 42.0 cm³/mol. The summed E-state index contributed by atoms with van der Waals surface area (Å²) in [5.41, 5.74) is -0.675. The van der Waals surface area contributed by atoms with E-state index in [4.69, 9.17) is 22.9 Å². The number of hydrogen-bond donors (Lipinski definition) is 0. The molecule has 0 radical (unpaired) electrons. The van der Waals surface area contributed by atoms with Crippen LogP contribution >= 0.6 is 11.6 Å². The van der Waals surface area contributed by atoms with Gasteiger partial charge in [-0.05, 0) is 6.42 Å². The van der Waals surface area contributed by atoms with Crippen LogP contribution in [0.1, 0.15) is 20.3 Å². The first kappa shape index (κ1) is 9.74. The van der Waals surface area contributed by atoms with Crippen molar-refractivity contribution in [1.29, 1.82) is 0 Å². The fourth-order valence-electron chi connectivity index (χ4n) is 0.409. The van der Waals surface area contributed by atoms with Gasteiger partial charge in [-0.25, -0.2) is 6.57 Å². The molecule has 0 rings (SSSR count). The monoisotopic (exact) mass is 161 g/mol. The van der Waals surface area contributed by atoms with E-state index in [0.717, 1.165) is 6.42 Å². The number of ether oxygens (including phenoxy) is 1. The van der Waals surface area contributed by atoms with E-state index in [1.165, 1.54) is 0 Å². The Kier molecular flexibility index (Phi) is 4.42. The molecule has 0 aliphatic carbocycles. The van der Waals surface area contributed by atoms with Gasteiger partial charge in [-0.3, -0.25) is 4.85 Å². The molecule has 58 valence electrons. The summed E-state index contributed by atoms with van der Waals surface area (Å²) in [6.45, 7) is 10.8. The zero-order valence-corrected chi connectivity index (χ0v) is 7.11. The molecular weight excluding hydrogens is 150 g/mol. The Balaban J connectivity index is 3.40. The summed E-state index contributed by atoms with van der Waals surface area (Å²) < 4.78 is 5.18. The molecule has 0 unspecified atom stereocenters. The number of hydrogen-bond acceptors (Lipinski definition) is 1. The van der Waals surface area contributed by atoms with Crippen LogP contribution in [-0.2, 0) is 4.74 Å². The van der Waals surface area contributed by atoms with Gasteiger partial charge in [0.05, 0.1) is 6.61 Å². The Morgan fingerprint density at radius 2 is 2.20 bits per heavy atom. The fraction of sp³-hybridized carbons (Fsp3) is 0.857. The molecule has 0 aromatic rings. The van der Waals surface area contributed by atoms with E-state index in [2.05, 4.69) is 4.85 Å². The molecule has 2 nitrogen and oxygen atoms in total. The third-order valence-corrected chi connectivity index (χ3v) is 1.27. The number of rotatable bonds is 4. The van der Waals surface area contributed by atoms with Crippen LogP contribution in [0, 0.1) is 6.57 Å². The van der Waals surface area contributed by atoms with Crippen molar-refractivity contribution in [3.05, 3.63) is 11.4 Å². The molecule has 0 saturated heterocycles. The summed E-state index contributed by atoms with van der Waals surface area (Å²) in [4.78, 5) is 3.28. The Bertz CT molecular complexity index is 128. The van der Waals surface area contributed by atoms with Crippen molar-refractivity contribution in [2.45, 2.75) is 26.0 Å². The van der Waals surface area contributed by atoms with E-state index in [1.807, 2.05) is 0 Å². The highest BCUT2D eigenvalue weighted by atomic mass is 35.5. The van der Waals surface area contributed by atoms with Crippen molar-refractivity contribution in [3.63, 3.8) is 0 Å². The minimum atomic E-state index is -0.675. The summed E-state index contributed by atoms with van der Waals surface area (Å²) in [7, 11) is 0. The Labute approximate surface area is 66.9 Å². The zero-order valence-electron chi connectivity index (χ0n) is 6.35. The maximum atomic E-state index is 6.71. The van der Waals surface area contributed by atoms with Crippen LogP contribution in [0.25, 0.3) is 4.85 Å². The Morgan fingerprint density at radius 3 is 2.60 bits per heavy atom. The van der Waals surface area contributed by atoms with Gasteiger partial charge in [-0.1, -0.05) is 0 Å². The normalized spacial score (nSPS) is 11.0. The van der Waals surface area contributed by atoms with Gasteiger partial charge in [-0.2, -0.15) is 0 Å². The van der Waals surface area contributed by atoms with Gasteiger partial charge in [0.15, 0.2) is 0 Å². The van der Waals surface area contributed by atoms with Crippen LogP contribution in [-0.4, -0.2) is 18.2 Å². The summed E-state index contributed by atoms with van der Waals surface area (Å²) in [6.07, 6.45) is 0.806. The van der Waals surface area contributed by atoms with Gasteiger partial charge in [0.1, 0.15) is 0 Å². The lowest BCUT2D eigenvalue weighted by Crippen LogP contribution is -2.19. The van der Waals surface area contributed by atoms with Gasteiger partial charge >= 0.3 is 5.72 Å². The Morgan fingerprint density at radius 1 is 1.60 bits per heavy atom. The molecule has 0 aromatic heterocycles. The number of nitrogens with zero attached hydrogens (tertiary/aromatic N) is 1. The SMILES string of the molecule is [C-]#[N+]C(C)(C)OCCCCl. The largest absolute Gasteiger partial charge is 0.331 e. The maximum absolute atomic E-state index is 6.71. The summed E-state index contributed by atoms with van der Waals surface area (Å²) in [5, 5.41) is 0. The van der Waals surface area contributed by atoms with E-state index < -0.39 is 5.72 Å².